The van der Waals surface area contributed by atoms with Crippen LogP contribution in [-0.2, 0) is 4.79 Å². The molecule has 5 heteroatoms. The number of hydrogen-bond acceptors (Lipinski definition) is 5. The van der Waals surface area contributed by atoms with Gasteiger partial charge in [-0.05, 0) is 30.2 Å². The van der Waals surface area contributed by atoms with E-state index in [1.54, 1.807) is 25.1 Å². The number of pyridine rings is 1. The Morgan fingerprint density at radius 1 is 1.29 bits per heavy atom. The molecule has 0 saturated heterocycles. The van der Waals surface area contributed by atoms with Gasteiger partial charge in [0.25, 0.3) is 0 Å². The maximum absolute atomic E-state index is 11.9. The summed E-state index contributed by atoms with van der Waals surface area (Å²) in [7, 11) is 1.67. The van der Waals surface area contributed by atoms with Crippen LogP contribution < -0.4 is 4.74 Å². The highest BCUT2D eigenvalue weighted by Crippen LogP contribution is 2.48. The zero-order valence-corrected chi connectivity index (χ0v) is 14.8. The average molecular weight is 342 g/mol. The summed E-state index contributed by atoms with van der Waals surface area (Å²) >= 11 is 1.72. The SMILES string of the molecule is CCCCN1C(C=O)c2cccnc2SC1c1ccc(OC)cc1. The Labute approximate surface area is 147 Å². The number of rotatable bonds is 6. The fraction of sp³-hybridized carbons (Fsp3) is 0.368. The van der Waals surface area contributed by atoms with Crippen molar-refractivity contribution in [3.63, 3.8) is 0 Å². The first kappa shape index (κ1) is 17.0. The lowest BCUT2D eigenvalue weighted by atomic mass is 10.1. The fourth-order valence-electron chi connectivity index (χ4n) is 3.00. The van der Waals surface area contributed by atoms with Crippen molar-refractivity contribution in [1.82, 2.24) is 9.88 Å². The number of carbonyl (C=O) groups excluding carboxylic acids is 1. The highest BCUT2D eigenvalue weighted by atomic mass is 32.2. The normalized spacial score (nSPS) is 20.4. The van der Waals surface area contributed by atoms with Crippen molar-refractivity contribution < 1.29 is 9.53 Å². The largest absolute Gasteiger partial charge is 0.497 e. The highest BCUT2D eigenvalue weighted by Gasteiger charge is 2.36. The first-order valence-corrected chi connectivity index (χ1v) is 9.13. The van der Waals surface area contributed by atoms with Gasteiger partial charge in [-0.15, -0.1) is 0 Å². The molecule has 1 aromatic carbocycles. The summed E-state index contributed by atoms with van der Waals surface area (Å²) in [5.41, 5.74) is 2.18. The Morgan fingerprint density at radius 3 is 2.75 bits per heavy atom. The van der Waals surface area contributed by atoms with E-state index in [1.165, 1.54) is 5.56 Å². The van der Waals surface area contributed by atoms with Gasteiger partial charge in [-0.1, -0.05) is 43.3 Å². The van der Waals surface area contributed by atoms with Crippen LogP contribution in [0.15, 0.2) is 47.6 Å². The van der Waals surface area contributed by atoms with E-state index < -0.39 is 0 Å². The summed E-state index contributed by atoms with van der Waals surface area (Å²) < 4.78 is 5.26. The zero-order chi connectivity index (χ0) is 16.9. The predicted octanol–water partition coefficient (Wildman–Crippen LogP) is 4.24. The molecule has 2 atom stereocenters. The van der Waals surface area contributed by atoms with Gasteiger partial charge >= 0.3 is 0 Å². The maximum Gasteiger partial charge on any atom is 0.141 e. The van der Waals surface area contributed by atoms with Crippen molar-refractivity contribution in [2.24, 2.45) is 0 Å². The Kier molecular flexibility index (Phi) is 5.53. The maximum atomic E-state index is 11.9. The van der Waals surface area contributed by atoms with Gasteiger partial charge in [-0.25, -0.2) is 4.98 Å². The first-order valence-electron chi connectivity index (χ1n) is 8.25. The number of fused-ring (bicyclic) bond motifs is 1. The third-order valence-corrected chi connectivity index (χ3v) is 5.63. The molecule has 0 amide bonds. The summed E-state index contributed by atoms with van der Waals surface area (Å²) in [4.78, 5) is 18.7. The van der Waals surface area contributed by atoms with Crippen LogP contribution in [-0.4, -0.2) is 29.8 Å². The molecule has 3 rings (SSSR count). The van der Waals surface area contributed by atoms with E-state index in [2.05, 4.69) is 28.9 Å². The van der Waals surface area contributed by atoms with E-state index in [0.717, 1.165) is 42.0 Å². The molecule has 2 aromatic rings. The topological polar surface area (TPSA) is 42.4 Å². The standard InChI is InChI=1S/C19H22N2O2S/c1-3-4-12-21-17(13-22)16-6-5-11-20-18(16)24-19(21)14-7-9-15(23-2)10-8-14/h5-11,13,17,19H,3-4,12H2,1-2H3. The molecule has 1 aliphatic heterocycles. The molecule has 126 valence electrons. The number of aldehydes is 1. The van der Waals surface area contributed by atoms with Crippen LogP contribution in [0.5, 0.6) is 5.75 Å². The van der Waals surface area contributed by atoms with E-state index in [0.29, 0.717) is 0 Å². The minimum Gasteiger partial charge on any atom is -0.497 e. The van der Waals surface area contributed by atoms with Crippen molar-refractivity contribution in [2.45, 2.75) is 36.2 Å². The van der Waals surface area contributed by atoms with Gasteiger partial charge in [0.1, 0.15) is 17.1 Å². The van der Waals surface area contributed by atoms with Crippen LogP contribution in [0.2, 0.25) is 0 Å². The third kappa shape index (κ3) is 3.32. The van der Waals surface area contributed by atoms with Gasteiger partial charge in [0.05, 0.1) is 18.5 Å². The molecule has 0 N–H and O–H groups in total. The van der Waals surface area contributed by atoms with Gasteiger partial charge in [0.15, 0.2) is 0 Å². The number of hydrogen-bond donors (Lipinski definition) is 0. The van der Waals surface area contributed by atoms with Crippen molar-refractivity contribution in [3.05, 3.63) is 53.7 Å². The van der Waals surface area contributed by atoms with Crippen molar-refractivity contribution >= 4 is 18.0 Å². The minimum atomic E-state index is -0.242. The summed E-state index contributed by atoms with van der Waals surface area (Å²) in [5, 5.41) is 1.03. The Balaban J connectivity index is 1.99. The summed E-state index contributed by atoms with van der Waals surface area (Å²) in [5.74, 6) is 0.838. The van der Waals surface area contributed by atoms with Crippen molar-refractivity contribution in [3.8, 4) is 5.75 Å². The molecule has 1 aromatic heterocycles. The van der Waals surface area contributed by atoms with Crippen LogP contribution in [0.4, 0.5) is 0 Å². The number of aromatic nitrogens is 1. The summed E-state index contributed by atoms with van der Waals surface area (Å²) in [6.07, 6.45) is 5.00. The summed E-state index contributed by atoms with van der Waals surface area (Å²) in [6.45, 7) is 3.06. The molecule has 2 heterocycles. The molecule has 0 bridgehead atoms. The van der Waals surface area contributed by atoms with E-state index in [9.17, 15) is 4.79 Å². The second kappa shape index (κ2) is 7.81. The lowest BCUT2D eigenvalue weighted by Gasteiger charge is -2.40. The van der Waals surface area contributed by atoms with Gasteiger partial charge < -0.3 is 9.53 Å². The van der Waals surface area contributed by atoms with Gasteiger partial charge in [0, 0.05) is 18.3 Å². The van der Waals surface area contributed by atoms with E-state index in [1.807, 2.05) is 24.3 Å². The molecule has 24 heavy (non-hydrogen) atoms. The second-order valence-corrected chi connectivity index (χ2v) is 6.88. The molecule has 0 spiro atoms. The van der Waals surface area contributed by atoms with Crippen LogP contribution in [0.3, 0.4) is 0 Å². The van der Waals surface area contributed by atoms with Crippen molar-refractivity contribution in [2.75, 3.05) is 13.7 Å². The van der Waals surface area contributed by atoms with Gasteiger partial charge in [0.2, 0.25) is 0 Å². The lowest BCUT2D eigenvalue weighted by Crippen LogP contribution is -2.36. The zero-order valence-electron chi connectivity index (χ0n) is 14.0. The molecule has 0 radical (unpaired) electrons. The molecular formula is C19H22N2O2S. The lowest BCUT2D eigenvalue weighted by molar-refractivity contribution is -0.113. The number of methoxy groups -OCH3 is 1. The van der Waals surface area contributed by atoms with Crippen LogP contribution in [0, 0.1) is 0 Å². The van der Waals surface area contributed by atoms with E-state index in [4.69, 9.17) is 4.74 Å². The van der Waals surface area contributed by atoms with E-state index in [-0.39, 0.29) is 11.4 Å². The average Bonchev–Trinajstić information content (AvgIpc) is 2.65. The van der Waals surface area contributed by atoms with Crippen molar-refractivity contribution in [1.29, 1.82) is 0 Å². The Hall–Kier alpha value is -1.85. The van der Waals surface area contributed by atoms with Crippen LogP contribution >= 0.6 is 11.8 Å². The minimum absolute atomic E-state index is 0.0834. The molecule has 2 unspecified atom stereocenters. The molecule has 1 aliphatic rings. The molecule has 0 aliphatic carbocycles. The molecular weight excluding hydrogens is 320 g/mol. The summed E-state index contributed by atoms with van der Waals surface area (Å²) in [6, 6.07) is 11.8. The molecule has 0 saturated carbocycles. The number of ether oxygens (including phenoxy) is 1. The Bertz CT molecular complexity index is 690. The van der Waals surface area contributed by atoms with Crippen LogP contribution in [0.25, 0.3) is 0 Å². The third-order valence-electron chi connectivity index (χ3n) is 4.30. The van der Waals surface area contributed by atoms with Crippen LogP contribution in [0.1, 0.15) is 42.3 Å². The first-order chi connectivity index (χ1) is 11.8. The monoisotopic (exact) mass is 342 g/mol. The van der Waals surface area contributed by atoms with E-state index >= 15 is 0 Å². The number of nitrogens with zero attached hydrogens (tertiary/aromatic N) is 2. The van der Waals surface area contributed by atoms with Gasteiger partial charge in [-0.2, -0.15) is 0 Å². The quantitative estimate of drug-likeness (QED) is 0.735. The number of thioether (sulfide) groups is 1. The Morgan fingerprint density at radius 2 is 2.08 bits per heavy atom. The fourth-order valence-corrected chi connectivity index (χ4v) is 4.32. The molecule has 4 nitrogen and oxygen atoms in total. The molecule has 0 fully saturated rings. The highest BCUT2D eigenvalue weighted by molar-refractivity contribution is 7.99. The predicted molar refractivity (Wildman–Crippen MR) is 96.2 cm³/mol. The number of benzene rings is 1. The number of carbonyl (C=O) groups is 1. The number of unbranched alkanes of at least 4 members (excludes halogenated alkanes) is 1. The second-order valence-electron chi connectivity index (χ2n) is 5.81. The van der Waals surface area contributed by atoms with Gasteiger partial charge in [-0.3, -0.25) is 4.90 Å². The smallest absolute Gasteiger partial charge is 0.141 e.